The molecule has 3 aromatic carbocycles. The molecule has 0 aliphatic rings. The van der Waals surface area contributed by atoms with Crippen LogP contribution in [0.5, 0.6) is 11.5 Å². The van der Waals surface area contributed by atoms with Gasteiger partial charge in [0.1, 0.15) is 34.8 Å². The van der Waals surface area contributed by atoms with Crippen LogP contribution in [-0.4, -0.2) is 74.7 Å². The summed E-state index contributed by atoms with van der Waals surface area (Å²) in [7, 11) is 0. The number of nitrogens with zero attached hydrogens (tertiary/aromatic N) is 1. The number of carbonyl (C=O) groups excluding carboxylic acids is 6. The third-order valence-corrected chi connectivity index (χ3v) is 10.4. The van der Waals surface area contributed by atoms with Gasteiger partial charge >= 0.3 is 5.97 Å². The summed E-state index contributed by atoms with van der Waals surface area (Å²) in [6.45, 7) is 0.112. The normalized spacial score (nSPS) is 13.6. The van der Waals surface area contributed by atoms with E-state index in [0.29, 0.717) is 16.7 Å². The maximum atomic E-state index is 14.3. The van der Waals surface area contributed by atoms with Gasteiger partial charge in [-0.3, -0.25) is 38.6 Å². The van der Waals surface area contributed by atoms with Gasteiger partial charge < -0.3 is 38.3 Å². The number of Topliss-reactive ketones (excluding diaryl/α,β-unsaturated/α-hetero) is 5. The van der Waals surface area contributed by atoms with E-state index in [1.54, 1.807) is 0 Å². The van der Waals surface area contributed by atoms with Crippen molar-refractivity contribution in [3.8, 4) is 11.5 Å². The molecule has 3 rings (SSSR count). The molecule has 0 aromatic heterocycles. The van der Waals surface area contributed by atoms with Gasteiger partial charge in [-0.1, -0.05) is 30.3 Å². The summed E-state index contributed by atoms with van der Waals surface area (Å²) in [5.74, 6) is -11.2. The molecule has 11 N–H and O–H groups in total. The minimum Gasteiger partial charge on any atom is -0.504 e. The first-order valence-electron chi connectivity index (χ1n) is 19.8. The van der Waals surface area contributed by atoms with Crippen molar-refractivity contribution in [2.45, 2.75) is 83.1 Å². The van der Waals surface area contributed by atoms with Crippen LogP contribution in [0.3, 0.4) is 0 Å². The van der Waals surface area contributed by atoms with Crippen LogP contribution in [0.2, 0.25) is 0 Å². The van der Waals surface area contributed by atoms with Gasteiger partial charge in [0.15, 0.2) is 23.2 Å². The molecule has 5 atom stereocenters. The van der Waals surface area contributed by atoms with E-state index in [-0.39, 0.29) is 76.0 Å². The van der Waals surface area contributed by atoms with Crippen molar-refractivity contribution in [2.24, 2.45) is 51.6 Å². The lowest BCUT2D eigenvalue weighted by Crippen LogP contribution is -2.36. The van der Waals surface area contributed by atoms with Crippen molar-refractivity contribution in [3.63, 3.8) is 0 Å². The van der Waals surface area contributed by atoms with Crippen LogP contribution in [0.1, 0.15) is 74.5 Å². The van der Waals surface area contributed by atoms with Crippen LogP contribution in [0.15, 0.2) is 71.7 Å². The molecule has 0 bridgehead atoms. The van der Waals surface area contributed by atoms with Gasteiger partial charge in [-0.25, -0.2) is 8.78 Å². The molecular weight excluding hydrogens is 797 g/mol. The zero-order chi connectivity index (χ0) is 45.2. The Labute approximate surface area is 351 Å². The SMILES string of the molecule is NC(=O)C(CC(=O)O)CC(=O)CCC(=O)C(CCCN=C(N)N)CC(=O)C(CC(=O)C(CC(=O)C(N)Cc1ccc(O)c(O)c1)Cc1ccc(F)cc1)Cc1ccc(F)cc1. The van der Waals surface area contributed by atoms with Crippen molar-refractivity contribution in [3.05, 3.63) is 95.1 Å². The Bertz CT molecular complexity index is 2060. The van der Waals surface area contributed by atoms with Gasteiger partial charge in [0.25, 0.3) is 0 Å². The van der Waals surface area contributed by atoms with E-state index in [9.17, 15) is 52.6 Å². The first-order valence-corrected chi connectivity index (χ1v) is 19.8. The maximum absolute atomic E-state index is 14.3. The van der Waals surface area contributed by atoms with Crippen molar-refractivity contribution < 1.29 is 57.7 Å². The number of hydrogen-bond acceptors (Lipinski definition) is 11. The zero-order valence-corrected chi connectivity index (χ0v) is 33.6. The molecule has 0 saturated carbocycles. The Morgan fingerprint density at radius 2 is 1.08 bits per heavy atom. The molecule has 0 fully saturated rings. The highest BCUT2D eigenvalue weighted by Crippen LogP contribution is 2.28. The third-order valence-electron chi connectivity index (χ3n) is 10.4. The molecule has 0 spiro atoms. The third kappa shape index (κ3) is 17.4. The van der Waals surface area contributed by atoms with Gasteiger partial charge in [0.05, 0.1) is 18.4 Å². The van der Waals surface area contributed by atoms with Gasteiger partial charge in [0, 0.05) is 62.8 Å². The number of carboxylic acid groups (broad SMARTS) is 1. The maximum Gasteiger partial charge on any atom is 0.304 e. The van der Waals surface area contributed by atoms with Crippen molar-refractivity contribution in [2.75, 3.05) is 6.54 Å². The predicted octanol–water partition coefficient (Wildman–Crippen LogP) is 3.40. The Balaban J connectivity index is 1.89. The molecule has 0 aliphatic heterocycles. The summed E-state index contributed by atoms with van der Waals surface area (Å²) in [6.07, 6.45) is -2.71. The number of primary amides is 1. The van der Waals surface area contributed by atoms with Gasteiger partial charge in [-0.05, 0) is 85.2 Å². The number of aliphatic carboxylic acids is 1. The minimum absolute atomic E-state index is 0.0158. The number of phenols is 2. The van der Waals surface area contributed by atoms with E-state index < -0.39 is 107 Å². The summed E-state index contributed by atoms with van der Waals surface area (Å²) < 4.78 is 27.7. The molecule has 0 aliphatic carbocycles. The number of rotatable bonds is 28. The highest BCUT2D eigenvalue weighted by atomic mass is 19.1. The summed E-state index contributed by atoms with van der Waals surface area (Å²) >= 11 is 0. The van der Waals surface area contributed by atoms with E-state index in [1.165, 1.54) is 66.7 Å². The molecular formula is C44H53F2N5O10. The summed E-state index contributed by atoms with van der Waals surface area (Å²) in [5.41, 5.74) is 23.9. The number of guanidine groups is 1. The Morgan fingerprint density at radius 3 is 1.57 bits per heavy atom. The number of ketones is 5. The molecule has 1 amide bonds. The highest BCUT2D eigenvalue weighted by Gasteiger charge is 2.33. The monoisotopic (exact) mass is 849 g/mol. The molecule has 0 saturated heterocycles. The van der Waals surface area contributed by atoms with Crippen molar-refractivity contribution >= 4 is 46.8 Å². The second kappa shape index (κ2) is 24.0. The fourth-order valence-corrected chi connectivity index (χ4v) is 6.94. The smallest absolute Gasteiger partial charge is 0.304 e. The lowest BCUT2D eigenvalue weighted by molar-refractivity contribution is -0.141. The van der Waals surface area contributed by atoms with E-state index in [4.69, 9.17) is 28.0 Å². The predicted molar refractivity (Wildman–Crippen MR) is 220 cm³/mol. The molecule has 328 valence electrons. The van der Waals surface area contributed by atoms with Crippen LogP contribution in [0, 0.1) is 35.3 Å². The summed E-state index contributed by atoms with van der Waals surface area (Å²) in [4.78, 5) is 95.3. The van der Waals surface area contributed by atoms with Crippen LogP contribution >= 0.6 is 0 Å². The number of carbonyl (C=O) groups is 7. The second-order valence-corrected chi connectivity index (χ2v) is 15.3. The molecule has 5 unspecified atom stereocenters. The average molecular weight is 850 g/mol. The Hall–Kier alpha value is -6.36. The number of phenolic OH excluding ortho intramolecular Hbond substituents is 2. The summed E-state index contributed by atoms with van der Waals surface area (Å²) in [5, 5.41) is 28.7. The van der Waals surface area contributed by atoms with Gasteiger partial charge in [0.2, 0.25) is 5.91 Å². The molecule has 15 nitrogen and oxygen atoms in total. The van der Waals surface area contributed by atoms with Crippen LogP contribution in [0.25, 0.3) is 0 Å². The van der Waals surface area contributed by atoms with E-state index in [1.807, 2.05) is 0 Å². The fourth-order valence-electron chi connectivity index (χ4n) is 6.94. The van der Waals surface area contributed by atoms with Gasteiger partial charge in [-0.15, -0.1) is 0 Å². The van der Waals surface area contributed by atoms with Crippen molar-refractivity contribution in [1.29, 1.82) is 0 Å². The molecule has 0 heterocycles. The number of aliphatic imine (C=N–C) groups is 1. The van der Waals surface area contributed by atoms with E-state index in [2.05, 4.69) is 4.99 Å². The number of aromatic hydroxyl groups is 2. The number of hydrogen-bond donors (Lipinski definition) is 7. The zero-order valence-electron chi connectivity index (χ0n) is 33.6. The first-order chi connectivity index (χ1) is 28.8. The van der Waals surface area contributed by atoms with Crippen molar-refractivity contribution in [1.82, 2.24) is 0 Å². The van der Waals surface area contributed by atoms with Crippen LogP contribution in [-0.2, 0) is 52.8 Å². The number of benzene rings is 3. The van der Waals surface area contributed by atoms with Gasteiger partial charge in [-0.2, -0.15) is 0 Å². The first kappa shape index (κ1) is 49.0. The highest BCUT2D eigenvalue weighted by molar-refractivity contribution is 5.96. The van der Waals surface area contributed by atoms with Crippen LogP contribution < -0.4 is 22.9 Å². The second-order valence-electron chi connectivity index (χ2n) is 15.3. The fraction of sp³-hybridized carbons (Fsp3) is 0.409. The summed E-state index contributed by atoms with van der Waals surface area (Å²) in [6, 6.07) is 13.5. The molecule has 17 heteroatoms. The lowest BCUT2D eigenvalue weighted by Gasteiger charge is -2.23. The minimum atomic E-state index is -1.33. The average Bonchev–Trinajstić information content (AvgIpc) is 3.19. The van der Waals surface area contributed by atoms with Crippen LogP contribution in [0.4, 0.5) is 8.78 Å². The topological polar surface area (TPSA) is 297 Å². The largest absolute Gasteiger partial charge is 0.504 e. The lowest BCUT2D eigenvalue weighted by atomic mass is 9.79. The molecule has 0 radical (unpaired) electrons. The number of nitrogens with two attached hydrogens (primary N) is 4. The molecule has 3 aromatic rings. The molecule has 61 heavy (non-hydrogen) atoms. The number of amides is 1. The quantitative estimate of drug-likeness (QED) is 0.0239. The Kier molecular flexibility index (Phi) is 19.3. The Morgan fingerprint density at radius 1 is 0.574 bits per heavy atom. The van der Waals surface area contributed by atoms with E-state index >= 15 is 0 Å². The number of halogens is 2. The standard InChI is InChI=1S/C44H53F2N5O10/c45-32-8-3-25(4-9-32)16-29(38(55)21-28(2-1-15-51-44(49)50)36(53)14-12-34(52)20-31(43(48)61)24-42(59)60)22-39(56)30(17-26-5-10-33(46)11-6-26)23-40(57)35(47)18-27-7-13-37(54)41(58)19-27/h3-11,13,19,28-31,35,54,58H,1-2,12,14-18,20-24,47H2,(H2,48,61)(H,59,60)(H4,49,50,51). The van der Waals surface area contributed by atoms with E-state index in [0.717, 1.165) is 0 Å². The number of carboxylic acids is 1.